The van der Waals surface area contributed by atoms with E-state index in [4.69, 9.17) is 28.8 Å². The first kappa shape index (κ1) is 66.1. The van der Waals surface area contributed by atoms with Crippen LogP contribution in [-0.4, -0.2) is 38.2 Å². The van der Waals surface area contributed by atoms with Crippen molar-refractivity contribution >= 4 is 250 Å². The second kappa shape index (κ2) is 24.5. The molecule has 8 aromatic heterocycles. The van der Waals surface area contributed by atoms with Gasteiger partial charge in [0, 0.05) is 86.4 Å². The molecule has 10 heteroatoms. The SMILES string of the molecule is c1ccc2c(-n3c4ccccc4c4cc(-c5nc(-n6c7ccccc7c7c8cccc9c%10cccc%11c%12c(cc(c(cc76)c98)c%10%11)oc6ccccc6%12)nc6ccccc56)ccc43)cccc2c1.c1ccc2c(-n3c4ccccc4c4ccccc43)nc(-n3c4ccccc4c4c5cccc6c7cccc8c9c(cc(c(cc43)c65)c78)oc3ccccc39)nc2c1. The normalized spacial score (nSPS) is 12.5. The fourth-order valence-corrected chi connectivity index (χ4v) is 22.1. The molecular formula is C114H62N8O2. The molecule has 0 aliphatic heterocycles. The van der Waals surface area contributed by atoms with Crippen LogP contribution in [0.1, 0.15) is 0 Å². The summed E-state index contributed by atoms with van der Waals surface area (Å²) >= 11 is 0. The molecule has 0 saturated heterocycles. The number of aromatic nitrogens is 8. The van der Waals surface area contributed by atoms with Gasteiger partial charge in [0.05, 0.1) is 66.5 Å². The van der Waals surface area contributed by atoms with Crippen LogP contribution in [0.15, 0.2) is 385 Å². The minimum absolute atomic E-state index is 0.633. The van der Waals surface area contributed by atoms with E-state index in [1.165, 1.54) is 157 Å². The molecule has 30 aromatic rings. The number of hydrogen-bond donors (Lipinski definition) is 0. The maximum atomic E-state index is 6.64. The van der Waals surface area contributed by atoms with Gasteiger partial charge in [-0.05, 0) is 195 Å². The van der Waals surface area contributed by atoms with Gasteiger partial charge in [0.1, 0.15) is 22.3 Å². The largest absolute Gasteiger partial charge is 0.456 e. The van der Waals surface area contributed by atoms with Gasteiger partial charge in [-0.25, -0.2) is 15.0 Å². The lowest BCUT2D eigenvalue weighted by molar-refractivity contribution is 0.669. The van der Waals surface area contributed by atoms with Gasteiger partial charge < -0.3 is 13.4 Å². The van der Waals surface area contributed by atoms with Crippen LogP contribution in [-0.2, 0) is 0 Å². The number of hydrogen-bond acceptors (Lipinski definition) is 6. The Bertz CT molecular complexity index is 9950. The van der Waals surface area contributed by atoms with Gasteiger partial charge in [0.15, 0.2) is 5.82 Å². The Kier molecular flexibility index (Phi) is 13.0. The van der Waals surface area contributed by atoms with E-state index >= 15 is 0 Å². The minimum Gasteiger partial charge on any atom is -0.456 e. The molecule has 0 radical (unpaired) electrons. The lowest BCUT2D eigenvalue weighted by Gasteiger charge is -2.17. The molecule has 570 valence electrons. The molecule has 10 nitrogen and oxygen atoms in total. The van der Waals surface area contributed by atoms with Crippen LogP contribution in [0.2, 0.25) is 0 Å². The van der Waals surface area contributed by atoms with Crippen molar-refractivity contribution in [2.24, 2.45) is 0 Å². The first-order chi connectivity index (χ1) is 61.5. The van der Waals surface area contributed by atoms with Crippen molar-refractivity contribution < 1.29 is 8.83 Å². The summed E-state index contributed by atoms with van der Waals surface area (Å²) in [5.74, 6) is 2.12. The van der Waals surface area contributed by atoms with Crippen LogP contribution in [0.5, 0.6) is 0 Å². The third-order valence-corrected chi connectivity index (χ3v) is 27.1. The van der Waals surface area contributed by atoms with Crippen molar-refractivity contribution in [2.75, 3.05) is 0 Å². The van der Waals surface area contributed by atoms with E-state index in [-0.39, 0.29) is 0 Å². The summed E-state index contributed by atoms with van der Waals surface area (Å²) in [6.45, 7) is 0. The standard InChI is InChI=1S/C62H34N4O.C52H28N4O/c1-2-16-37-35(14-1)15-11-28-50(37)65-51-26-8-4-17-38(51)46-32-36(30-31-53(46)65)61-41-18-3-7-25-49(41)63-62(64-61)66-52-27-9-5-19-42(52)59-44-23-12-21-39-40-22-13-24-45-58(40)48(47(57(39)44)33-54(59)66)34-56-60(45)43-20-6-10-29-55(43)67-56;1-6-22-40-33(15-1)51(55-41-23-7-2-13-29(41)30-14-3-8-24-42(30)55)54-52(53-40)56-43-25-9-4-16-34(43)49-36-20-11-18-31-32-19-12-21-37-48(32)39(38(47(31)36)27-44(49)56)28-46-50(37)35-17-5-10-26-45(35)57-46/h1-34H;1-28H. The van der Waals surface area contributed by atoms with Crippen LogP contribution < -0.4 is 0 Å². The zero-order valence-corrected chi connectivity index (χ0v) is 66.2. The molecule has 0 spiro atoms. The van der Waals surface area contributed by atoms with Crippen LogP contribution >= 0.6 is 0 Å². The summed E-state index contributed by atoms with van der Waals surface area (Å²) in [4.78, 5) is 22.0. The van der Waals surface area contributed by atoms with E-state index in [9.17, 15) is 0 Å². The quantitative estimate of drug-likeness (QED) is 0.126. The van der Waals surface area contributed by atoms with Gasteiger partial charge in [-0.15, -0.1) is 0 Å². The number of rotatable bonds is 5. The maximum Gasteiger partial charge on any atom is 0.237 e. The molecule has 30 rings (SSSR count). The molecule has 0 fully saturated rings. The third-order valence-electron chi connectivity index (χ3n) is 27.1. The molecule has 0 aliphatic rings. The van der Waals surface area contributed by atoms with E-state index in [0.29, 0.717) is 11.9 Å². The van der Waals surface area contributed by atoms with Crippen LogP contribution in [0.25, 0.3) is 285 Å². The zero-order chi connectivity index (χ0) is 80.4. The van der Waals surface area contributed by atoms with E-state index in [0.717, 1.165) is 116 Å². The topological polar surface area (TPSA) is 97.6 Å². The van der Waals surface area contributed by atoms with Crippen LogP contribution in [0.3, 0.4) is 0 Å². The van der Waals surface area contributed by atoms with Crippen molar-refractivity contribution in [2.45, 2.75) is 0 Å². The van der Waals surface area contributed by atoms with Crippen molar-refractivity contribution in [1.29, 1.82) is 0 Å². The first-order valence-corrected chi connectivity index (χ1v) is 42.3. The fraction of sp³-hybridized carbons (Fsp3) is 0. The molecule has 0 bridgehead atoms. The summed E-state index contributed by atoms with van der Waals surface area (Å²) in [5, 5.41) is 38.1. The molecular weight excluding hydrogens is 1510 g/mol. The van der Waals surface area contributed by atoms with E-state index in [1.54, 1.807) is 0 Å². The molecule has 0 saturated carbocycles. The van der Waals surface area contributed by atoms with Crippen LogP contribution in [0, 0.1) is 0 Å². The van der Waals surface area contributed by atoms with Gasteiger partial charge in [0.2, 0.25) is 11.9 Å². The second-order valence-electron chi connectivity index (χ2n) is 33.3. The number of nitrogens with zero attached hydrogens (tertiary/aromatic N) is 8. The highest BCUT2D eigenvalue weighted by molar-refractivity contribution is 6.43. The number of para-hydroxylation sites is 9. The second-order valence-corrected chi connectivity index (χ2v) is 33.3. The molecule has 0 aliphatic carbocycles. The van der Waals surface area contributed by atoms with E-state index in [2.05, 4.69) is 382 Å². The van der Waals surface area contributed by atoms with Gasteiger partial charge >= 0.3 is 0 Å². The van der Waals surface area contributed by atoms with Crippen LogP contribution in [0.4, 0.5) is 0 Å². The lowest BCUT2D eigenvalue weighted by atomic mass is 9.87. The molecule has 0 N–H and O–H groups in total. The highest BCUT2D eigenvalue weighted by Gasteiger charge is 2.29. The summed E-state index contributed by atoms with van der Waals surface area (Å²) in [6, 6.07) is 136. The van der Waals surface area contributed by atoms with Gasteiger partial charge in [-0.2, -0.15) is 4.98 Å². The van der Waals surface area contributed by atoms with E-state index < -0.39 is 0 Å². The Labute approximate surface area is 703 Å². The van der Waals surface area contributed by atoms with Crippen molar-refractivity contribution in [3.8, 4) is 34.7 Å². The Morgan fingerprint density at radius 1 is 0.177 bits per heavy atom. The summed E-state index contributed by atoms with van der Waals surface area (Å²) in [6.07, 6.45) is 0. The number of benzene rings is 22. The molecule has 0 amide bonds. The first-order valence-electron chi connectivity index (χ1n) is 42.3. The summed E-state index contributed by atoms with van der Waals surface area (Å²) < 4.78 is 22.6. The van der Waals surface area contributed by atoms with Crippen molar-refractivity contribution in [1.82, 2.24) is 38.2 Å². The lowest BCUT2D eigenvalue weighted by Crippen LogP contribution is -2.07. The average molecular weight is 1580 g/mol. The Hall–Kier alpha value is -16.8. The predicted molar refractivity (Wildman–Crippen MR) is 516 cm³/mol. The van der Waals surface area contributed by atoms with Gasteiger partial charge in [-0.3, -0.25) is 13.7 Å². The highest BCUT2D eigenvalue weighted by atomic mass is 16.3. The maximum absolute atomic E-state index is 6.64. The summed E-state index contributed by atoms with van der Waals surface area (Å²) in [7, 11) is 0. The van der Waals surface area contributed by atoms with Crippen molar-refractivity contribution in [3.05, 3.63) is 376 Å². The smallest absolute Gasteiger partial charge is 0.237 e. The van der Waals surface area contributed by atoms with Gasteiger partial charge in [-0.1, -0.05) is 273 Å². The number of fused-ring (bicyclic) bond motifs is 29. The minimum atomic E-state index is 0.633. The molecule has 124 heavy (non-hydrogen) atoms. The molecule has 0 atom stereocenters. The van der Waals surface area contributed by atoms with Gasteiger partial charge in [0.25, 0.3) is 0 Å². The zero-order valence-electron chi connectivity index (χ0n) is 66.2. The third kappa shape index (κ3) is 8.80. The van der Waals surface area contributed by atoms with Crippen molar-refractivity contribution in [3.63, 3.8) is 0 Å². The number of furan rings is 2. The average Bonchev–Trinajstić information content (AvgIpc) is 1.42. The summed E-state index contributed by atoms with van der Waals surface area (Å²) in [5.41, 5.74) is 17.3. The fourth-order valence-electron chi connectivity index (χ4n) is 22.1. The Morgan fingerprint density at radius 2 is 0.532 bits per heavy atom. The molecule has 22 aromatic carbocycles. The highest BCUT2D eigenvalue weighted by Crippen LogP contribution is 2.53. The van der Waals surface area contributed by atoms with E-state index in [1.807, 2.05) is 12.1 Å². The monoisotopic (exact) mass is 1570 g/mol. The molecule has 8 heterocycles. The predicted octanol–water partition coefficient (Wildman–Crippen LogP) is 30.4. The Balaban J connectivity index is 0.000000126. The molecule has 0 unspecified atom stereocenters. The Morgan fingerprint density at radius 3 is 1.06 bits per heavy atom.